The molecule has 108 valence electrons. The van der Waals surface area contributed by atoms with E-state index in [-0.39, 0.29) is 18.2 Å². The molecule has 0 radical (unpaired) electrons. The Bertz CT molecular complexity index is 408. The largest absolute Gasteiger partial charge is 0.416 e. The highest BCUT2D eigenvalue weighted by molar-refractivity contribution is 5.35. The third kappa shape index (κ3) is 4.10. The van der Waals surface area contributed by atoms with Crippen LogP contribution in [0, 0.1) is 0 Å². The van der Waals surface area contributed by atoms with E-state index >= 15 is 0 Å². The minimum atomic E-state index is -4.87. The molecule has 1 rings (SSSR count). The molecule has 1 aromatic rings. The van der Waals surface area contributed by atoms with Gasteiger partial charge in [-0.2, -0.15) is 26.3 Å². The Kier molecular flexibility index (Phi) is 4.46. The molecule has 19 heavy (non-hydrogen) atoms. The molecule has 0 amide bonds. The number of methoxy groups -OCH3 is 1. The van der Waals surface area contributed by atoms with E-state index in [4.69, 9.17) is 5.73 Å². The monoisotopic (exact) mass is 287 g/mol. The SMILES string of the molecule is COC[C@H](N)c1cc(C(F)(F)F)cc(C(F)(F)F)c1. The Morgan fingerprint density at radius 1 is 1.00 bits per heavy atom. The highest BCUT2D eigenvalue weighted by Gasteiger charge is 2.37. The topological polar surface area (TPSA) is 35.2 Å². The Hall–Kier alpha value is -1.28. The van der Waals surface area contributed by atoms with Crippen molar-refractivity contribution in [2.24, 2.45) is 5.73 Å². The summed E-state index contributed by atoms with van der Waals surface area (Å²) < 4.78 is 79.9. The maximum Gasteiger partial charge on any atom is 0.416 e. The van der Waals surface area contributed by atoms with Crippen molar-refractivity contribution in [3.05, 3.63) is 34.9 Å². The van der Waals surface area contributed by atoms with Gasteiger partial charge in [-0.05, 0) is 23.8 Å². The van der Waals surface area contributed by atoms with E-state index in [0.717, 1.165) is 0 Å². The van der Waals surface area contributed by atoms with E-state index in [0.29, 0.717) is 12.1 Å². The smallest absolute Gasteiger partial charge is 0.383 e. The molecule has 0 bridgehead atoms. The van der Waals surface area contributed by atoms with Gasteiger partial charge in [0.05, 0.1) is 23.8 Å². The van der Waals surface area contributed by atoms with Crippen molar-refractivity contribution in [2.45, 2.75) is 18.4 Å². The standard InChI is InChI=1S/C11H11F6NO/c1-19-5-9(18)6-2-7(10(12,13)14)4-8(3-6)11(15,16)17/h2-4,9H,5,18H2,1H3/t9-/m0/s1. The fourth-order valence-electron chi connectivity index (χ4n) is 1.47. The average Bonchev–Trinajstić information content (AvgIpc) is 2.26. The Labute approximate surface area is 105 Å². The lowest BCUT2D eigenvalue weighted by Crippen LogP contribution is -2.19. The first-order valence-electron chi connectivity index (χ1n) is 5.09. The van der Waals surface area contributed by atoms with Crippen LogP contribution in [-0.4, -0.2) is 13.7 Å². The molecule has 0 unspecified atom stereocenters. The predicted octanol–water partition coefficient (Wildman–Crippen LogP) is 3.37. The van der Waals surface area contributed by atoms with E-state index in [9.17, 15) is 26.3 Å². The molecule has 0 aliphatic carbocycles. The van der Waals surface area contributed by atoms with Crippen LogP contribution in [0.1, 0.15) is 22.7 Å². The third-order valence-electron chi connectivity index (χ3n) is 2.38. The number of rotatable bonds is 3. The van der Waals surface area contributed by atoms with Crippen molar-refractivity contribution < 1.29 is 31.1 Å². The molecule has 0 saturated carbocycles. The van der Waals surface area contributed by atoms with Crippen LogP contribution >= 0.6 is 0 Å². The summed E-state index contributed by atoms with van der Waals surface area (Å²) in [6.45, 7) is -0.182. The fourth-order valence-corrected chi connectivity index (χ4v) is 1.47. The minimum absolute atomic E-state index is 0.0586. The van der Waals surface area contributed by atoms with Crippen LogP contribution in [0.25, 0.3) is 0 Å². The number of alkyl halides is 6. The number of halogens is 6. The summed E-state index contributed by atoms with van der Waals surface area (Å²) in [6.07, 6.45) is -9.74. The molecular formula is C11H11F6NO. The number of hydrogen-bond donors (Lipinski definition) is 1. The lowest BCUT2D eigenvalue weighted by molar-refractivity contribution is -0.143. The highest BCUT2D eigenvalue weighted by Crippen LogP contribution is 2.37. The first-order chi connectivity index (χ1) is 8.55. The molecule has 0 aliphatic heterocycles. The molecule has 0 spiro atoms. The second-order valence-corrected chi connectivity index (χ2v) is 3.90. The minimum Gasteiger partial charge on any atom is -0.383 e. The van der Waals surface area contributed by atoms with Gasteiger partial charge in [-0.3, -0.25) is 0 Å². The Morgan fingerprint density at radius 2 is 1.42 bits per heavy atom. The predicted molar refractivity (Wildman–Crippen MR) is 55.3 cm³/mol. The molecule has 2 N–H and O–H groups in total. The van der Waals surface area contributed by atoms with Gasteiger partial charge in [0.1, 0.15) is 0 Å². The van der Waals surface area contributed by atoms with Crippen molar-refractivity contribution >= 4 is 0 Å². The van der Waals surface area contributed by atoms with E-state index in [1.807, 2.05) is 0 Å². The Balaban J connectivity index is 3.33. The molecule has 0 saturated heterocycles. The molecule has 0 aromatic heterocycles. The number of benzene rings is 1. The lowest BCUT2D eigenvalue weighted by Gasteiger charge is -2.17. The molecule has 0 fully saturated rings. The van der Waals surface area contributed by atoms with Gasteiger partial charge >= 0.3 is 12.4 Å². The zero-order chi connectivity index (χ0) is 14.8. The number of nitrogens with two attached hydrogens (primary N) is 1. The zero-order valence-electron chi connectivity index (χ0n) is 9.77. The zero-order valence-corrected chi connectivity index (χ0v) is 9.77. The van der Waals surface area contributed by atoms with Crippen LogP contribution in [0.5, 0.6) is 0 Å². The fraction of sp³-hybridized carbons (Fsp3) is 0.455. The van der Waals surface area contributed by atoms with Crippen molar-refractivity contribution in [3.63, 3.8) is 0 Å². The van der Waals surface area contributed by atoms with Crippen LogP contribution in [0.2, 0.25) is 0 Å². The van der Waals surface area contributed by atoms with E-state index in [1.54, 1.807) is 0 Å². The van der Waals surface area contributed by atoms with E-state index < -0.39 is 29.5 Å². The summed E-state index contributed by atoms with van der Waals surface area (Å²) in [7, 11) is 1.25. The van der Waals surface area contributed by atoms with Crippen LogP contribution in [0.15, 0.2) is 18.2 Å². The molecule has 2 nitrogen and oxygen atoms in total. The van der Waals surface area contributed by atoms with Crippen molar-refractivity contribution in [1.82, 2.24) is 0 Å². The van der Waals surface area contributed by atoms with Crippen LogP contribution in [-0.2, 0) is 17.1 Å². The van der Waals surface area contributed by atoms with Gasteiger partial charge in [0.2, 0.25) is 0 Å². The first-order valence-corrected chi connectivity index (χ1v) is 5.09. The maximum absolute atomic E-state index is 12.5. The normalized spacial score (nSPS) is 14.5. The summed E-state index contributed by atoms with van der Waals surface area (Å²) >= 11 is 0. The summed E-state index contributed by atoms with van der Waals surface area (Å²) in [6, 6.07) is 0.189. The van der Waals surface area contributed by atoms with Crippen LogP contribution < -0.4 is 5.73 Å². The van der Waals surface area contributed by atoms with E-state index in [1.165, 1.54) is 7.11 Å². The molecular weight excluding hydrogens is 276 g/mol. The molecule has 1 aromatic carbocycles. The van der Waals surface area contributed by atoms with Gasteiger partial charge in [-0.15, -0.1) is 0 Å². The Morgan fingerprint density at radius 3 is 1.74 bits per heavy atom. The first kappa shape index (κ1) is 15.8. The molecule has 8 heteroatoms. The van der Waals surface area contributed by atoms with Crippen LogP contribution in [0.3, 0.4) is 0 Å². The third-order valence-corrected chi connectivity index (χ3v) is 2.38. The second kappa shape index (κ2) is 5.38. The molecule has 1 atom stereocenters. The highest BCUT2D eigenvalue weighted by atomic mass is 19.4. The van der Waals surface area contributed by atoms with Gasteiger partial charge in [0, 0.05) is 7.11 Å². The maximum atomic E-state index is 12.5. The molecule has 0 heterocycles. The van der Waals surface area contributed by atoms with Gasteiger partial charge in [-0.25, -0.2) is 0 Å². The molecule has 0 aliphatic rings. The van der Waals surface area contributed by atoms with Gasteiger partial charge < -0.3 is 10.5 Å². The quantitative estimate of drug-likeness (QED) is 0.865. The average molecular weight is 287 g/mol. The van der Waals surface area contributed by atoms with Crippen LogP contribution in [0.4, 0.5) is 26.3 Å². The van der Waals surface area contributed by atoms with Crippen molar-refractivity contribution in [2.75, 3.05) is 13.7 Å². The van der Waals surface area contributed by atoms with Crippen molar-refractivity contribution in [1.29, 1.82) is 0 Å². The lowest BCUT2D eigenvalue weighted by atomic mass is 10.0. The number of hydrogen-bond acceptors (Lipinski definition) is 2. The second-order valence-electron chi connectivity index (χ2n) is 3.90. The van der Waals surface area contributed by atoms with Crippen molar-refractivity contribution in [3.8, 4) is 0 Å². The summed E-state index contributed by atoms with van der Waals surface area (Å²) in [4.78, 5) is 0. The summed E-state index contributed by atoms with van der Waals surface area (Å²) in [5.74, 6) is 0. The number of ether oxygens (including phenoxy) is 1. The summed E-state index contributed by atoms with van der Waals surface area (Å²) in [5, 5.41) is 0. The summed E-state index contributed by atoms with van der Waals surface area (Å²) in [5.41, 5.74) is 2.43. The van der Waals surface area contributed by atoms with Gasteiger partial charge in [0.25, 0.3) is 0 Å². The van der Waals surface area contributed by atoms with E-state index in [2.05, 4.69) is 4.74 Å². The van der Waals surface area contributed by atoms with Gasteiger partial charge in [0.15, 0.2) is 0 Å². The van der Waals surface area contributed by atoms with Gasteiger partial charge in [-0.1, -0.05) is 0 Å².